The highest BCUT2D eigenvalue weighted by molar-refractivity contribution is 7.89. The normalized spacial score (nSPS) is 11.3. The highest BCUT2D eigenvalue weighted by Crippen LogP contribution is 2.17. The number of benzene rings is 4. The SMILES string of the molecule is N#Cc1cccc(S(=O)(=O)NCc2ccc(OCCCOc3ccc(CNS(=O)(=O)c4cccc(C#N)c4)cc3)cc2)c1. The van der Waals surface area contributed by atoms with Crippen LogP contribution in [0.5, 0.6) is 11.5 Å². The van der Waals surface area contributed by atoms with E-state index in [0.717, 1.165) is 11.1 Å². The predicted molar refractivity (Wildman–Crippen MR) is 159 cm³/mol. The molecule has 0 fully saturated rings. The lowest BCUT2D eigenvalue weighted by Gasteiger charge is -2.10. The molecule has 0 radical (unpaired) electrons. The first-order chi connectivity index (χ1) is 20.7. The molecule has 0 unspecified atom stereocenters. The van der Waals surface area contributed by atoms with Gasteiger partial charge in [-0.25, -0.2) is 26.3 Å². The van der Waals surface area contributed by atoms with Gasteiger partial charge in [0.1, 0.15) is 11.5 Å². The fourth-order valence-corrected chi connectivity index (χ4v) is 5.96. The van der Waals surface area contributed by atoms with Crippen LogP contribution in [0, 0.1) is 22.7 Å². The van der Waals surface area contributed by atoms with Crippen molar-refractivity contribution in [3.63, 3.8) is 0 Å². The second-order valence-electron chi connectivity index (χ2n) is 9.27. The van der Waals surface area contributed by atoms with E-state index < -0.39 is 20.0 Å². The molecule has 0 spiro atoms. The van der Waals surface area contributed by atoms with E-state index in [1.807, 2.05) is 12.1 Å². The van der Waals surface area contributed by atoms with Crippen LogP contribution in [0.4, 0.5) is 0 Å². The van der Waals surface area contributed by atoms with Gasteiger partial charge in [0, 0.05) is 19.5 Å². The summed E-state index contributed by atoms with van der Waals surface area (Å²) in [7, 11) is -7.50. The van der Waals surface area contributed by atoms with Crippen molar-refractivity contribution in [3.05, 3.63) is 119 Å². The van der Waals surface area contributed by atoms with E-state index in [1.54, 1.807) is 60.7 Å². The van der Waals surface area contributed by atoms with E-state index in [4.69, 9.17) is 20.0 Å². The number of ether oxygens (including phenoxy) is 2. The molecule has 2 N–H and O–H groups in total. The lowest BCUT2D eigenvalue weighted by atomic mass is 10.2. The van der Waals surface area contributed by atoms with Gasteiger partial charge in [0.25, 0.3) is 0 Å². The van der Waals surface area contributed by atoms with Crippen LogP contribution >= 0.6 is 0 Å². The topological polar surface area (TPSA) is 158 Å². The number of nitrogens with zero attached hydrogens (tertiary/aromatic N) is 2. The summed E-state index contributed by atoms with van der Waals surface area (Å²) in [6.07, 6.45) is 0.618. The minimum absolute atomic E-state index is 0.0348. The average molecular weight is 617 g/mol. The van der Waals surface area contributed by atoms with E-state index in [2.05, 4.69) is 9.44 Å². The third kappa shape index (κ3) is 9.13. The first kappa shape index (κ1) is 31.2. The molecular formula is C31H28N4O6S2. The molecular weight excluding hydrogens is 588 g/mol. The Balaban J connectivity index is 1.15. The predicted octanol–water partition coefficient (Wildman–Crippen LogP) is 4.23. The Labute approximate surface area is 251 Å². The molecule has 0 bridgehead atoms. The van der Waals surface area contributed by atoms with Gasteiger partial charge < -0.3 is 9.47 Å². The quantitative estimate of drug-likeness (QED) is 0.199. The Kier molecular flexibility index (Phi) is 10.5. The first-order valence-electron chi connectivity index (χ1n) is 13.1. The molecule has 0 atom stereocenters. The largest absolute Gasteiger partial charge is 0.493 e. The van der Waals surface area contributed by atoms with E-state index in [1.165, 1.54) is 36.4 Å². The maximum Gasteiger partial charge on any atom is 0.240 e. The molecule has 0 amide bonds. The van der Waals surface area contributed by atoms with Crippen molar-refractivity contribution in [1.29, 1.82) is 10.5 Å². The van der Waals surface area contributed by atoms with Crippen LogP contribution in [0.2, 0.25) is 0 Å². The van der Waals surface area contributed by atoms with Crippen LogP contribution in [-0.4, -0.2) is 30.0 Å². The molecule has 0 saturated carbocycles. The van der Waals surface area contributed by atoms with Gasteiger partial charge in [0.15, 0.2) is 0 Å². The molecule has 12 heteroatoms. The summed E-state index contributed by atoms with van der Waals surface area (Å²) in [6, 6.07) is 29.6. The second-order valence-corrected chi connectivity index (χ2v) is 12.8. The minimum Gasteiger partial charge on any atom is -0.493 e. The summed E-state index contributed by atoms with van der Waals surface area (Å²) in [4.78, 5) is 0.0696. The monoisotopic (exact) mass is 616 g/mol. The molecule has 0 aliphatic rings. The number of rotatable bonds is 14. The summed E-state index contributed by atoms with van der Waals surface area (Å²) < 4.78 is 66.6. The van der Waals surface area contributed by atoms with Crippen molar-refractivity contribution in [2.24, 2.45) is 0 Å². The molecule has 220 valence electrons. The van der Waals surface area contributed by atoms with E-state index in [0.29, 0.717) is 31.1 Å². The highest BCUT2D eigenvalue weighted by atomic mass is 32.2. The highest BCUT2D eigenvalue weighted by Gasteiger charge is 2.15. The maximum absolute atomic E-state index is 12.5. The van der Waals surface area contributed by atoms with Crippen LogP contribution in [0.1, 0.15) is 28.7 Å². The number of hydrogen-bond donors (Lipinski definition) is 2. The summed E-state index contributed by atoms with van der Waals surface area (Å²) in [5.74, 6) is 1.28. The van der Waals surface area contributed by atoms with Gasteiger partial charge in [-0.15, -0.1) is 0 Å². The molecule has 0 heterocycles. The first-order valence-corrected chi connectivity index (χ1v) is 16.1. The van der Waals surface area contributed by atoms with Crippen LogP contribution < -0.4 is 18.9 Å². The zero-order valence-corrected chi connectivity index (χ0v) is 24.6. The Hall–Kier alpha value is -4.72. The van der Waals surface area contributed by atoms with E-state index in [9.17, 15) is 16.8 Å². The summed E-state index contributed by atoms with van der Waals surface area (Å²) in [6.45, 7) is 1.00. The van der Waals surface area contributed by atoms with Crippen LogP contribution in [0.15, 0.2) is 107 Å². The maximum atomic E-state index is 12.5. The van der Waals surface area contributed by atoms with Crippen molar-refractivity contribution in [3.8, 4) is 23.6 Å². The fraction of sp³-hybridized carbons (Fsp3) is 0.161. The fourth-order valence-electron chi connectivity index (χ4n) is 3.83. The van der Waals surface area contributed by atoms with E-state index in [-0.39, 0.29) is 34.0 Å². The molecule has 10 nitrogen and oxygen atoms in total. The van der Waals surface area contributed by atoms with Crippen molar-refractivity contribution >= 4 is 20.0 Å². The molecule has 4 aromatic rings. The number of nitriles is 2. The second kappa shape index (κ2) is 14.4. The van der Waals surface area contributed by atoms with Gasteiger partial charge in [-0.3, -0.25) is 0 Å². The van der Waals surface area contributed by atoms with Crippen LogP contribution in [0.25, 0.3) is 0 Å². The molecule has 0 aliphatic carbocycles. The Morgan fingerprint density at radius 3 is 1.35 bits per heavy atom. The average Bonchev–Trinajstić information content (AvgIpc) is 3.04. The van der Waals surface area contributed by atoms with Gasteiger partial charge in [-0.2, -0.15) is 10.5 Å². The summed E-state index contributed by atoms with van der Waals surface area (Å²) in [5.41, 5.74) is 2.04. The van der Waals surface area contributed by atoms with Crippen LogP contribution in [0.3, 0.4) is 0 Å². The van der Waals surface area contributed by atoms with Gasteiger partial charge in [-0.1, -0.05) is 36.4 Å². The molecule has 0 saturated heterocycles. The lowest BCUT2D eigenvalue weighted by Crippen LogP contribution is -2.23. The molecule has 0 aromatic heterocycles. The molecule has 0 aliphatic heterocycles. The van der Waals surface area contributed by atoms with Crippen molar-refractivity contribution in [2.75, 3.05) is 13.2 Å². The Bertz CT molecular complexity index is 1710. The van der Waals surface area contributed by atoms with E-state index >= 15 is 0 Å². The smallest absolute Gasteiger partial charge is 0.240 e. The molecule has 4 rings (SSSR count). The molecule has 4 aromatic carbocycles. The van der Waals surface area contributed by atoms with Crippen LogP contribution in [-0.2, 0) is 33.1 Å². The zero-order chi connectivity index (χ0) is 30.7. The van der Waals surface area contributed by atoms with Gasteiger partial charge in [-0.05, 0) is 71.8 Å². The number of sulfonamides is 2. The van der Waals surface area contributed by atoms with Gasteiger partial charge in [0.05, 0.1) is 46.3 Å². The Morgan fingerprint density at radius 2 is 0.977 bits per heavy atom. The van der Waals surface area contributed by atoms with Gasteiger partial charge >= 0.3 is 0 Å². The third-order valence-corrected chi connectivity index (χ3v) is 8.95. The summed E-state index contributed by atoms with van der Waals surface area (Å²) in [5, 5.41) is 18.0. The summed E-state index contributed by atoms with van der Waals surface area (Å²) >= 11 is 0. The Morgan fingerprint density at radius 1 is 0.581 bits per heavy atom. The minimum atomic E-state index is -3.75. The van der Waals surface area contributed by atoms with Crippen molar-refractivity contribution in [1.82, 2.24) is 9.44 Å². The van der Waals surface area contributed by atoms with Gasteiger partial charge in [0.2, 0.25) is 20.0 Å². The number of nitrogens with one attached hydrogen (secondary N) is 2. The zero-order valence-electron chi connectivity index (χ0n) is 22.9. The lowest BCUT2D eigenvalue weighted by molar-refractivity contribution is 0.247. The molecule has 43 heavy (non-hydrogen) atoms. The number of hydrogen-bond acceptors (Lipinski definition) is 8. The van der Waals surface area contributed by atoms with Crippen molar-refractivity contribution in [2.45, 2.75) is 29.3 Å². The third-order valence-electron chi connectivity index (χ3n) is 6.15. The standard InChI is InChI=1S/C31H28N4O6S2/c32-20-26-4-1-6-30(18-26)42(36,37)34-22-24-8-12-28(13-9-24)40-16-3-17-41-29-14-10-25(11-15-29)23-35-43(38,39)31-7-2-5-27(19-31)21-33/h1-2,4-15,18-19,34-35H,3,16-17,22-23H2. The van der Waals surface area contributed by atoms with Crippen molar-refractivity contribution < 1.29 is 26.3 Å².